The summed E-state index contributed by atoms with van der Waals surface area (Å²) in [5.41, 5.74) is 1.42. The van der Waals surface area contributed by atoms with E-state index < -0.39 is 0 Å². The van der Waals surface area contributed by atoms with Gasteiger partial charge in [0.1, 0.15) is 0 Å². The molecular formula is C9H9N2O2S. The number of benzene rings is 1. The summed E-state index contributed by atoms with van der Waals surface area (Å²) in [6.45, 7) is 0. The van der Waals surface area contributed by atoms with Crippen molar-refractivity contribution in [3.05, 3.63) is 18.4 Å². The minimum absolute atomic E-state index is 0.138. The van der Waals surface area contributed by atoms with E-state index in [1.165, 1.54) is 23.9 Å². The van der Waals surface area contributed by atoms with Gasteiger partial charge in [0, 0.05) is 25.4 Å². The first kappa shape index (κ1) is 9.21. The van der Waals surface area contributed by atoms with E-state index in [9.17, 15) is 10.2 Å². The summed E-state index contributed by atoms with van der Waals surface area (Å²) >= 11 is 1.27. The molecule has 0 spiro atoms. The number of aromatic nitrogens is 2. The number of imidazole rings is 1. The lowest BCUT2D eigenvalue weighted by atomic mass is 10.3. The van der Waals surface area contributed by atoms with E-state index in [2.05, 4.69) is 11.2 Å². The molecular weight excluding hydrogens is 200 g/mol. The molecule has 5 heteroatoms. The number of aromatic hydroxyl groups is 2. The zero-order chi connectivity index (χ0) is 10.3. The molecule has 0 saturated carbocycles. The second-order valence-corrected chi connectivity index (χ2v) is 3.58. The third-order valence-electron chi connectivity index (χ3n) is 2.07. The molecule has 0 aliphatic rings. The number of fused-ring (bicyclic) bond motifs is 1. The molecule has 2 rings (SSSR count). The minimum atomic E-state index is -0.156. The van der Waals surface area contributed by atoms with Crippen molar-refractivity contribution in [3.8, 4) is 11.5 Å². The molecule has 0 aliphatic heterocycles. The summed E-state index contributed by atoms with van der Waals surface area (Å²) < 4.78 is 1.81. The Morgan fingerprint density at radius 1 is 1.36 bits per heavy atom. The average molecular weight is 209 g/mol. The Kier molecular flexibility index (Phi) is 2.03. The number of phenols is 2. The highest BCUT2D eigenvalue weighted by molar-refractivity contribution is 8.00. The number of hydrogen-bond acceptors (Lipinski definition) is 4. The van der Waals surface area contributed by atoms with Crippen molar-refractivity contribution in [2.24, 2.45) is 7.05 Å². The van der Waals surface area contributed by atoms with Crippen LogP contribution in [0.4, 0.5) is 0 Å². The highest BCUT2D eigenvalue weighted by Gasteiger charge is 2.10. The highest BCUT2D eigenvalue weighted by Crippen LogP contribution is 2.31. The predicted molar refractivity (Wildman–Crippen MR) is 55.3 cm³/mol. The van der Waals surface area contributed by atoms with Gasteiger partial charge in [-0.2, -0.15) is 0 Å². The molecule has 14 heavy (non-hydrogen) atoms. The smallest absolute Gasteiger partial charge is 0.168 e. The summed E-state index contributed by atoms with van der Waals surface area (Å²) in [4.78, 5) is 4.22. The molecule has 0 saturated heterocycles. The van der Waals surface area contributed by atoms with Gasteiger partial charge in [0.15, 0.2) is 16.7 Å². The standard InChI is InChI=1S/C9H9N2O2S/c1-11-6-4-8(13)7(12)3-5(6)10-9(11)14-2/h3-4,12-13H,2H2,1H3. The van der Waals surface area contributed by atoms with Gasteiger partial charge in [0.25, 0.3) is 0 Å². The van der Waals surface area contributed by atoms with Crippen LogP contribution >= 0.6 is 11.8 Å². The molecule has 0 amide bonds. The first-order valence-electron chi connectivity index (χ1n) is 3.94. The fraction of sp³-hybridized carbons (Fsp3) is 0.111. The Morgan fingerprint density at radius 2 is 2.00 bits per heavy atom. The van der Waals surface area contributed by atoms with E-state index in [0.717, 1.165) is 10.7 Å². The normalized spacial score (nSPS) is 11.0. The van der Waals surface area contributed by atoms with Crippen LogP contribution in [-0.4, -0.2) is 19.8 Å². The molecule has 0 atom stereocenters. The number of hydrogen-bond donors (Lipinski definition) is 2. The van der Waals surface area contributed by atoms with Crippen molar-refractivity contribution < 1.29 is 10.2 Å². The maximum Gasteiger partial charge on any atom is 0.168 e. The summed E-state index contributed by atoms with van der Waals surface area (Å²) in [7, 11) is 1.83. The SMILES string of the molecule is [CH2]Sc1nc2cc(O)c(O)cc2n1C. The molecule has 1 heterocycles. The van der Waals surface area contributed by atoms with Crippen LogP contribution in [0, 0.1) is 6.26 Å². The van der Waals surface area contributed by atoms with Gasteiger partial charge >= 0.3 is 0 Å². The van der Waals surface area contributed by atoms with Crippen LogP contribution in [0.3, 0.4) is 0 Å². The molecule has 0 bridgehead atoms. The Bertz CT molecular complexity index is 493. The fourth-order valence-corrected chi connectivity index (χ4v) is 1.78. The third-order valence-corrected chi connectivity index (χ3v) is 2.69. The van der Waals surface area contributed by atoms with E-state index in [-0.39, 0.29) is 11.5 Å². The van der Waals surface area contributed by atoms with E-state index >= 15 is 0 Å². The van der Waals surface area contributed by atoms with Crippen molar-refractivity contribution in [2.45, 2.75) is 5.16 Å². The van der Waals surface area contributed by atoms with Crippen LogP contribution in [0.5, 0.6) is 11.5 Å². The molecule has 4 nitrogen and oxygen atoms in total. The van der Waals surface area contributed by atoms with Gasteiger partial charge in [-0.3, -0.25) is 0 Å². The number of aryl methyl sites for hydroxylation is 1. The molecule has 1 aromatic heterocycles. The summed E-state index contributed by atoms with van der Waals surface area (Å²) in [6.07, 6.45) is 3.67. The van der Waals surface area contributed by atoms with Gasteiger partial charge in [0.2, 0.25) is 0 Å². The third kappa shape index (κ3) is 1.21. The van der Waals surface area contributed by atoms with Gasteiger partial charge in [-0.05, 0) is 0 Å². The van der Waals surface area contributed by atoms with E-state index in [1.54, 1.807) is 0 Å². The average Bonchev–Trinajstić information content (AvgIpc) is 2.45. The Morgan fingerprint density at radius 3 is 2.64 bits per heavy atom. The second kappa shape index (κ2) is 3.09. The highest BCUT2D eigenvalue weighted by atomic mass is 32.2. The lowest BCUT2D eigenvalue weighted by Gasteiger charge is -1.99. The van der Waals surface area contributed by atoms with Crippen molar-refractivity contribution in [3.63, 3.8) is 0 Å². The van der Waals surface area contributed by atoms with Crippen LogP contribution < -0.4 is 0 Å². The summed E-state index contributed by atoms with van der Waals surface area (Å²) in [5, 5.41) is 19.3. The summed E-state index contributed by atoms with van der Waals surface area (Å²) in [5.74, 6) is -0.294. The molecule has 73 valence electrons. The van der Waals surface area contributed by atoms with Gasteiger partial charge in [0.05, 0.1) is 11.0 Å². The van der Waals surface area contributed by atoms with Gasteiger partial charge in [-0.1, -0.05) is 11.8 Å². The number of rotatable bonds is 1. The van der Waals surface area contributed by atoms with Crippen LogP contribution in [0.25, 0.3) is 11.0 Å². The van der Waals surface area contributed by atoms with E-state index in [1.807, 2.05) is 11.6 Å². The van der Waals surface area contributed by atoms with Crippen LogP contribution in [0.2, 0.25) is 0 Å². The van der Waals surface area contributed by atoms with Crippen molar-refractivity contribution in [1.82, 2.24) is 9.55 Å². The van der Waals surface area contributed by atoms with E-state index in [0.29, 0.717) is 5.52 Å². The first-order chi connectivity index (χ1) is 6.63. The largest absolute Gasteiger partial charge is 0.504 e. The maximum atomic E-state index is 9.31. The quantitative estimate of drug-likeness (QED) is 0.556. The Balaban J connectivity index is 2.80. The first-order valence-corrected chi connectivity index (χ1v) is 4.92. The molecule has 0 aliphatic carbocycles. The second-order valence-electron chi connectivity index (χ2n) is 2.93. The monoisotopic (exact) mass is 209 g/mol. The van der Waals surface area contributed by atoms with E-state index in [4.69, 9.17) is 0 Å². The maximum absolute atomic E-state index is 9.31. The van der Waals surface area contributed by atoms with Crippen molar-refractivity contribution >= 4 is 22.8 Å². The summed E-state index contributed by atoms with van der Waals surface area (Å²) in [6, 6.07) is 2.92. The van der Waals surface area contributed by atoms with Crippen LogP contribution in [-0.2, 0) is 7.05 Å². The van der Waals surface area contributed by atoms with Gasteiger partial charge in [-0.25, -0.2) is 4.98 Å². The Labute approximate surface area is 85.2 Å². The molecule has 2 aromatic rings. The zero-order valence-electron chi connectivity index (χ0n) is 7.56. The van der Waals surface area contributed by atoms with Gasteiger partial charge in [-0.15, -0.1) is 0 Å². The van der Waals surface area contributed by atoms with Gasteiger partial charge < -0.3 is 14.8 Å². The number of phenolic OH excluding ortho intramolecular Hbond substituents is 2. The molecule has 1 aromatic carbocycles. The fourth-order valence-electron chi connectivity index (χ4n) is 1.32. The molecule has 0 fully saturated rings. The Hall–Kier alpha value is -1.36. The van der Waals surface area contributed by atoms with Crippen LogP contribution in [0.1, 0.15) is 0 Å². The topological polar surface area (TPSA) is 58.3 Å². The molecule has 2 N–H and O–H groups in total. The predicted octanol–water partition coefficient (Wildman–Crippen LogP) is 1.87. The lowest BCUT2D eigenvalue weighted by molar-refractivity contribution is 0.404. The number of nitrogens with zero attached hydrogens (tertiary/aromatic N) is 2. The van der Waals surface area contributed by atoms with Crippen molar-refractivity contribution in [1.29, 1.82) is 0 Å². The number of thioether (sulfide) groups is 1. The van der Waals surface area contributed by atoms with Crippen LogP contribution in [0.15, 0.2) is 17.3 Å². The zero-order valence-corrected chi connectivity index (χ0v) is 8.38. The molecule has 0 unspecified atom stereocenters. The lowest BCUT2D eigenvalue weighted by Crippen LogP contribution is -1.88. The minimum Gasteiger partial charge on any atom is -0.504 e. The van der Waals surface area contributed by atoms with Crippen molar-refractivity contribution in [2.75, 3.05) is 0 Å². The molecule has 1 radical (unpaired) electrons.